The third kappa shape index (κ3) is 4.81. The number of nitrogens with one attached hydrogen (secondary N) is 1. The molecule has 0 aliphatic carbocycles. The predicted octanol–water partition coefficient (Wildman–Crippen LogP) is 3.97. The van der Waals surface area contributed by atoms with Gasteiger partial charge in [-0.15, -0.1) is 0 Å². The molecule has 1 aliphatic heterocycles. The largest absolute Gasteiger partial charge is 0.493 e. The number of imidazole rings is 1. The van der Waals surface area contributed by atoms with Crippen LogP contribution in [-0.4, -0.2) is 82.7 Å². The Morgan fingerprint density at radius 2 is 1.81 bits per heavy atom. The number of hydrogen-bond donors (Lipinski definition) is 1. The van der Waals surface area contributed by atoms with Crippen molar-refractivity contribution in [3.63, 3.8) is 0 Å². The lowest BCUT2D eigenvalue weighted by molar-refractivity contribution is -0.928. The predicted molar refractivity (Wildman–Crippen MR) is 143 cm³/mol. The summed E-state index contributed by atoms with van der Waals surface area (Å²) in [5.41, 5.74) is 2.14. The third-order valence-electron chi connectivity index (χ3n) is 7.36. The maximum absolute atomic E-state index is 13.7. The van der Waals surface area contributed by atoms with Gasteiger partial charge in [-0.25, -0.2) is 22.9 Å². The fourth-order valence-electron chi connectivity index (χ4n) is 5.01. The summed E-state index contributed by atoms with van der Waals surface area (Å²) < 4.78 is 38.0. The fraction of sp³-hybridized carbons (Fsp3) is 0.560. The highest BCUT2D eigenvalue weighted by atomic mass is 32.2. The summed E-state index contributed by atoms with van der Waals surface area (Å²) in [5.74, 6) is 1.87. The summed E-state index contributed by atoms with van der Waals surface area (Å²) in [4.78, 5) is 9.53. The molecule has 4 rings (SSSR count). The van der Waals surface area contributed by atoms with Gasteiger partial charge in [0, 0.05) is 6.42 Å². The zero-order chi connectivity index (χ0) is 26.1. The van der Waals surface area contributed by atoms with Crippen LogP contribution < -0.4 is 4.74 Å². The Balaban J connectivity index is 1.79. The first-order valence-corrected chi connectivity index (χ1v) is 14.6. The van der Waals surface area contributed by atoms with E-state index in [9.17, 15) is 8.42 Å². The molecule has 1 fully saturated rings. The second-order valence-corrected chi connectivity index (χ2v) is 11.7. The van der Waals surface area contributed by atoms with Gasteiger partial charge in [0.15, 0.2) is 10.5 Å². The van der Waals surface area contributed by atoms with Crippen molar-refractivity contribution in [3.05, 3.63) is 34.4 Å². The lowest BCUT2D eigenvalue weighted by Crippen LogP contribution is -2.60. The molecule has 2 aromatic heterocycles. The molecular formula is C25H37N6O3S2+. The Morgan fingerprint density at radius 1 is 1.11 bits per heavy atom. The number of rotatable bonds is 9. The van der Waals surface area contributed by atoms with E-state index in [1.807, 2.05) is 18.4 Å². The van der Waals surface area contributed by atoms with Gasteiger partial charge < -0.3 is 9.22 Å². The zero-order valence-electron chi connectivity index (χ0n) is 21.9. The molecule has 36 heavy (non-hydrogen) atoms. The molecule has 1 aliphatic rings. The summed E-state index contributed by atoms with van der Waals surface area (Å²) in [6.07, 6.45) is 1.71. The van der Waals surface area contributed by atoms with Gasteiger partial charge in [0.2, 0.25) is 10.0 Å². The van der Waals surface area contributed by atoms with E-state index < -0.39 is 10.0 Å². The zero-order valence-corrected chi connectivity index (χ0v) is 23.5. The number of aromatic amines is 1. The number of ether oxygens (including phenoxy) is 1. The van der Waals surface area contributed by atoms with Gasteiger partial charge in [-0.05, 0) is 52.3 Å². The number of aromatic nitrogens is 4. The highest BCUT2D eigenvalue weighted by Gasteiger charge is 2.36. The van der Waals surface area contributed by atoms with Gasteiger partial charge in [-0.2, -0.15) is 4.31 Å². The highest BCUT2D eigenvalue weighted by Crippen LogP contribution is 2.32. The number of aryl methyl sites for hydroxylation is 2. The second kappa shape index (κ2) is 10.6. The lowest BCUT2D eigenvalue weighted by atomic mass is 10.2. The summed E-state index contributed by atoms with van der Waals surface area (Å²) in [5, 5.41) is 3.33. The van der Waals surface area contributed by atoms with Crippen molar-refractivity contribution in [1.29, 1.82) is 0 Å². The molecular weight excluding hydrogens is 496 g/mol. The van der Waals surface area contributed by atoms with Crippen LogP contribution in [0.1, 0.15) is 45.6 Å². The molecule has 0 saturated carbocycles. The number of sulfonamides is 1. The van der Waals surface area contributed by atoms with Crippen LogP contribution in [0.2, 0.25) is 0 Å². The van der Waals surface area contributed by atoms with Crippen LogP contribution in [0, 0.1) is 11.6 Å². The molecule has 11 heteroatoms. The molecule has 196 valence electrons. The van der Waals surface area contributed by atoms with Crippen molar-refractivity contribution in [1.82, 2.24) is 23.9 Å². The van der Waals surface area contributed by atoms with Crippen LogP contribution in [0.3, 0.4) is 0 Å². The average Bonchev–Trinajstić information content (AvgIpc) is 3.20. The standard InChI is InChI=1S/C25H36N6O3S2/c1-6-10-22-26-18(5)23-25(35)27-24(28-30(22)23)20-17-19(11-12-21(20)34-9-4)36(32,33)29-13-15-31(7-2,8-3)16-14-29/h11-12,17H,6-10,13-16H2,1-5H3/p+1. The molecule has 0 spiro atoms. The molecule has 1 aromatic carbocycles. The van der Waals surface area contributed by atoms with Gasteiger partial charge in [0.1, 0.15) is 17.1 Å². The maximum atomic E-state index is 13.7. The normalized spacial score (nSPS) is 16.5. The molecule has 9 nitrogen and oxygen atoms in total. The Hall–Kier alpha value is -2.34. The Bertz CT molecular complexity index is 1400. The minimum absolute atomic E-state index is 0.228. The van der Waals surface area contributed by atoms with E-state index in [-0.39, 0.29) is 4.90 Å². The van der Waals surface area contributed by atoms with Crippen LogP contribution >= 0.6 is 12.2 Å². The number of fused-ring (bicyclic) bond motifs is 1. The lowest BCUT2D eigenvalue weighted by Gasteiger charge is -2.43. The molecule has 1 N–H and O–H groups in total. The van der Waals surface area contributed by atoms with Crippen molar-refractivity contribution >= 4 is 27.8 Å². The van der Waals surface area contributed by atoms with E-state index in [0.29, 0.717) is 41.5 Å². The topological polar surface area (TPSA) is 92.6 Å². The average molecular weight is 534 g/mol. The molecule has 0 bridgehead atoms. The number of likely N-dealkylation sites (N-methyl/N-ethyl adjacent to an activating group) is 1. The SMILES string of the molecule is CCCc1nc(C)c2c(=S)nc(-c3cc(S(=O)(=O)N4CC[N+](CC)(CC)CC4)ccc3OCC)[nH]n12. The van der Waals surface area contributed by atoms with Crippen LogP contribution in [0.5, 0.6) is 5.75 Å². The maximum Gasteiger partial charge on any atom is 0.243 e. The first-order valence-electron chi connectivity index (χ1n) is 12.8. The van der Waals surface area contributed by atoms with Crippen molar-refractivity contribution in [3.8, 4) is 17.1 Å². The van der Waals surface area contributed by atoms with Crippen LogP contribution in [0.4, 0.5) is 0 Å². The summed E-state index contributed by atoms with van der Waals surface area (Å²) in [6, 6.07) is 4.99. The summed E-state index contributed by atoms with van der Waals surface area (Å²) >= 11 is 5.63. The Labute approximate surface area is 218 Å². The fourth-order valence-corrected chi connectivity index (χ4v) is 6.79. The first kappa shape index (κ1) is 26.7. The van der Waals surface area contributed by atoms with Gasteiger partial charge in [-0.1, -0.05) is 19.1 Å². The number of piperazine rings is 1. The number of benzene rings is 1. The number of nitrogens with zero attached hydrogens (tertiary/aromatic N) is 5. The monoisotopic (exact) mass is 533 g/mol. The van der Waals surface area contributed by atoms with Crippen LogP contribution in [-0.2, 0) is 16.4 Å². The van der Waals surface area contributed by atoms with E-state index in [0.717, 1.165) is 60.5 Å². The van der Waals surface area contributed by atoms with E-state index in [1.165, 1.54) is 0 Å². The minimum Gasteiger partial charge on any atom is -0.493 e. The van der Waals surface area contributed by atoms with E-state index >= 15 is 0 Å². The Morgan fingerprint density at radius 3 is 2.42 bits per heavy atom. The van der Waals surface area contributed by atoms with Gasteiger partial charge in [0.05, 0.1) is 62.0 Å². The summed E-state index contributed by atoms with van der Waals surface area (Å²) in [7, 11) is -3.68. The molecule has 3 aromatic rings. The first-order chi connectivity index (χ1) is 17.2. The number of quaternary nitrogens is 1. The van der Waals surface area contributed by atoms with Gasteiger partial charge >= 0.3 is 0 Å². The van der Waals surface area contributed by atoms with Crippen molar-refractivity contribution in [2.75, 3.05) is 45.9 Å². The molecule has 3 heterocycles. The van der Waals surface area contributed by atoms with Gasteiger partial charge in [0.25, 0.3) is 0 Å². The third-order valence-corrected chi connectivity index (χ3v) is 9.54. The van der Waals surface area contributed by atoms with Crippen LogP contribution in [0.15, 0.2) is 23.1 Å². The molecule has 0 unspecified atom stereocenters. The molecule has 0 amide bonds. The Kier molecular flexibility index (Phi) is 7.84. The smallest absolute Gasteiger partial charge is 0.243 e. The van der Waals surface area contributed by atoms with E-state index in [1.54, 1.807) is 22.5 Å². The number of hydrogen-bond acceptors (Lipinski definition) is 6. The highest BCUT2D eigenvalue weighted by molar-refractivity contribution is 7.89. The number of H-pyrrole nitrogens is 1. The molecule has 0 atom stereocenters. The van der Waals surface area contributed by atoms with E-state index in [2.05, 4.69) is 35.8 Å². The van der Waals surface area contributed by atoms with E-state index in [4.69, 9.17) is 17.0 Å². The van der Waals surface area contributed by atoms with Crippen LogP contribution in [0.25, 0.3) is 16.9 Å². The minimum atomic E-state index is -3.68. The molecule has 0 radical (unpaired) electrons. The van der Waals surface area contributed by atoms with Crippen molar-refractivity contribution < 1.29 is 17.6 Å². The molecule has 1 saturated heterocycles. The van der Waals surface area contributed by atoms with Gasteiger partial charge in [-0.3, -0.25) is 5.10 Å². The second-order valence-electron chi connectivity index (χ2n) is 9.34. The van der Waals surface area contributed by atoms with Crippen molar-refractivity contribution in [2.45, 2.75) is 52.4 Å². The van der Waals surface area contributed by atoms with Crippen molar-refractivity contribution in [2.24, 2.45) is 0 Å². The summed E-state index contributed by atoms with van der Waals surface area (Å²) in [6.45, 7) is 15.4. The quantitative estimate of drug-likeness (QED) is 0.331.